The molecule has 6 heteroatoms. The first kappa shape index (κ1) is 42.6. The molecule has 6 nitrogen and oxygen atoms in total. The van der Waals surface area contributed by atoms with Crippen molar-refractivity contribution in [3.63, 3.8) is 0 Å². The van der Waals surface area contributed by atoms with Gasteiger partial charge in [0.2, 0.25) is 0 Å². The average molecular weight is 855 g/mol. The number of hydrogen-bond acceptors (Lipinski definition) is 6. The van der Waals surface area contributed by atoms with Gasteiger partial charge in [-0.05, 0) is 168 Å². The summed E-state index contributed by atoms with van der Waals surface area (Å²) < 4.78 is 0. The van der Waals surface area contributed by atoms with E-state index >= 15 is 0 Å². The number of fused-ring (bicyclic) bond motifs is 9. The zero-order valence-electron chi connectivity index (χ0n) is 39.9. The lowest BCUT2D eigenvalue weighted by Crippen LogP contribution is -2.75. The molecule has 63 heavy (non-hydrogen) atoms. The minimum absolute atomic E-state index is 0.0627. The number of nitrogens with one attached hydrogen (secondary N) is 3. The topological polar surface area (TPSA) is 66.4 Å². The fourth-order valence-corrected chi connectivity index (χ4v) is 20.0. The van der Waals surface area contributed by atoms with Crippen molar-refractivity contribution in [1.82, 2.24) is 25.8 Å². The zero-order valence-corrected chi connectivity index (χ0v) is 39.9. The van der Waals surface area contributed by atoms with Crippen LogP contribution in [0.1, 0.15) is 163 Å². The highest BCUT2D eigenvalue weighted by molar-refractivity contribution is 5.31. The second-order valence-corrected chi connectivity index (χ2v) is 25.1. The van der Waals surface area contributed by atoms with Crippen LogP contribution in [0.5, 0.6) is 0 Å². The van der Waals surface area contributed by atoms with Crippen molar-refractivity contribution in [2.24, 2.45) is 82.3 Å². The Morgan fingerprint density at radius 2 is 1.37 bits per heavy atom. The van der Waals surface area contributed by atoms with Gasteiger partial charge in [-0.3, -0.25) is 25.8 Å². The Morgan fingerprint density at radius 1 is 0.635 bits per heavy atom. The van der Waals surface area contributed by atoms with Crippen molar-refractivity contribution < 1.29 is 0 Å². The Kier molecular flexibility index (Phi) is 11.6. The van der Waals surface area contributed by atoms with Crippen LogP contribution >= 0.6 is 0 Å². The van der Waals surface area contributed by atoms with Gasteiger partial charge < -0.3 is 0 Å². The largest absolute Gasteiger partial charge is 0.289 e. The van der Waals surface area contributed by atoms with Gasteiger partial charge in [-0.1, -0.05) is 107 Å². The number of nitriles is 1. The highest BCUT2D eigenvalue weighted by Gasteiger charge is 2.63. The SMILES string of the molecule is CC1=CC=CC2C3CCCC(C)C3N(C3CC(N4C5C=CCCC5C5CCCCC54)C(C#N)CC3C3NC(C4CC=CCC4)NC(C4CCCC5C6CCCCC6C(C)(C)C45)N3)C12. The van der Waals surface area contributed by atoms with Gasteiger partial charge in [-0.2, -0.15) is 5.26 Å². The molecule has 0 spiro atoms. The third kappa shape index (κ3) is 6.97. The van der Waals surface area contributed by atoms with Crippen LogP contribution in [0.4, 0.5) is 0 Å². The summed E-state index contributed by atoms with van der Waals surface area (Å²) in [4.78, 5) is 6.32. The molecule has 3 heterocycles. The van der Waals surface area contributed by atoms with E-state index in [1.165, 1.54) is 122 Å². The number of allylic oxidation sites excluding steroid dienone is 5. The van der Waals surface area contributed by atoms with Crippen LogP contribution < -0.4 is 16.0 Å². The maximum atomic E-state index is 11.6. The van der Waals surface area contributed by atoms with Crippen molar-refractivity contribution in [3.8, 4) is 6.07 Å². The molecule has 12 aliphatic rings. The van der Waals surface area contributed by atoms with Gasteiger partial charge in [0.25, 0.3) is 0 Å². The second kappa shape index (κ2) is 17.1. The van der Waals surface area contributed by atoms with Crippen molar-refractivity contribution in [2.75, 3.05) is 0 Å². The minimum Gasteiger partial charge on any atom is -0.289 e. The summed E-state index contributed by atoms with van der Waals surface area (Å²) in [6.07, 6.45) is 46.6. The number of likely N-dealkylation sites (tertiary alicyclic amines) is 2. The zero-order chi connectivity index (χ0) is 42.6. The second-order valence-electron chi connectivity index (χ2n) is 25.1. The molecule has 0 aromatic rings. The van der Waals surface area contributed by atoms with Crippen molar-refractivity contribution in [3.05, 3.63) is 48.1 Å². The van der Waals surface area contributed by atoms with Gasteiger partial charge in [-0.25, -0.2) is 0 Å². The summed E-state index contributed by atoms with van der Waals surface area (Å²) >= 11 is 0. The summed E-state index contributed by atoms with van der Waals surface area (Å²) in [6, 6.07) is 6.22. The number of hydrogen-bond donors (Lipinski definition) is 3. The van der Waals surface area contributed by atoms with Crippen molar-refractivity contribution in [2.45, 2.75) is 217 Å². The maximum absolute atomic E-state index is 11.6. The molecule has 344 valence electrons. The lowest BCUT2D eigenvalue weighted by Gasteiger charge is -2.57. The molecule has 22 unspecified atom stereocenters. The Bertz CT molecular complexity index is 1840. The molecule has 3 aliphatic heterocycles. The van der Waals surface area contributed by atoms with Crippen LogP contribution in [0.25, 0.3) is 0 Å². The summed E-state index contributed by atoms with van der Waals surface area (Å²) in [6.45, 7) is 10.6. The van der Waals surface area contributed by atoms with E-state index in [1.807, 2.05) is 0 Å². The van der Waals surface area contributed by atoms with Crippen LogP contribution in [-0.4, -0.2) is 64.5 Å². The Labute approximate surface area is 383 Å². The smallest absolute Gasteiger partial charge is 0.0672 e. The van der Waals surface area contributed by atoms with E-state index in [2.05, 4.69) is 102 Å². The van der Waals surface area contributed by atoms with Crippen LogP contribution in [0.3, 0.4) is 0 Å². The first-order chi connectivity index (χ1) is 30.8. The fourth-order valence-electron chi connectivity index (χ4n) is 20.0. The third-order valence-corrected chi connectivity index (χ3v) is 22.2. The molecule has 9 fully saturated rings. The quantitative estimate of drug-likeness (QED) is 0.240. The number of nitrogens with zero attached hydrogens (tertiary/aromatic N) is 3. The standard InChI is InChI=1S/C57H86N6/c1-34-17-14-25-42-43-26-15-18-35(2)53(43)63(52(34)42)50-32-49(62-47-29-12-9-22-39(47)40-23-10-13-30-48(40)62)37(33-58)31-45(50)56-60-54(36-19-6-5-7-20-36)59-55(61-56)44-27-16-24-41-38-21-8-11-28-46(38)57(3,4)51(41)44/h5-6,12,14,17,25,29,35-56,59-61H,7-11,13,15-16,18-24,26-28,30-32H2,1-4H3. The predicted octanol–water partition coefficient (Wildman–Crippen LogP) is 11.1. The van der Waals surface area contributed by atoms with Gasteiger partial charge in [0, 0.05) is 48.1 Å². The van der Waals surface area contributed by atoms with Crippen LogP contribution in [-0.2, 0) is 0 Å². The highest BCUT2D eigenvalue weighted by Crippen LogP contribution is 2.65. The molecular formula is C57H86N6. The molecular weight excluding hydrogens is 769 g/mol. The molecule has 0 amide bonds. The van der Waals surface area contributed by atoms with E-state index in [-0.39, 0.29) is 12.1 Å². The molecule has 3 saturated heterocycles. The van der Waals surface area contributed by atoms with Gasteiger partial charge >= 0.3 is 0 Å². The monoisotopic (exact) mass is 855 g/mol. The van der Waals surface area contributed by atoms with Crippen LogP contribution in [0, 0.1) is 93.7 Å². The summed E-state index contributed by atoms with van der Waals surface area (Å²) in [5.41, 5.74) is 1.99. The normalized spacial score (nSPS) is 52.7. The van der Waals surface area contributed by atoms with Crippen LogP contribution in [0.15, 0.2) is 48.1 Å². The van der Waals surface area contributed by atoms with Gasteiger partial charge in [-0.15, -0.1) is 0 Å². The average Bonchev–Trinajstić information content (AvgIpc) is 3.93. The fraction of sp³-hybridized carbons (Fsp3) is 0.842. The van der Waals surface area contributed by atoms with E-state index in [0.29, 0.717) is 83.6 Å². The molecule has 0 aromatic heterocycles. The number of rotatable bonds is 5. The molecule has 0 aromatic carbocycles. The highest BCUT2D eigenvalue weighted by atomic mass is 15.4. The van der Waals surface area contributed by atoms with Crippen LogP contribution in [0.2, 0.25) is 0 Å². The van der Waals surface area contributed by atoms with Crippen molar-refractivity contribution >= 4 is 0 Å². The van der Waals surface area contributed by atoms with E-state index < -0.39 is 0 Å². The minimum atomic E-state index is 0.0627. The molecule has 22 atom stereocenters. The first-order valence-electron chi connectivity index (χ1n) is 27.7. The van der Waals surface area contributed by atoms with Gasteiger partial charge in [0.15, 0.2) is 0 Å². The summed E-state index contributed by atoms with van der Waals surface area (Å²) in [5.74, 6) is 8.90. The molecule has 0 radical (unpaired) electrons. The predicted molar refractivity (Wildman–Crippen MR) is 256 cm³/mol. The van der Waals surface area contributed by atoms with E-state index in [9.17, 15) is 5.26 Å². The lowest BCUT2D eigenvalue weighted by atomic mass is 9.62. The Balaban J connectivity index is 0.947. The van der Waals surface area contributed by atoms with Crippen molar-refractivity contribution in [1.29, 1.82) is 5.26 Å². The summed E-state index contributed by atoms with van der Waals surface area (Å²) in [5, 5.41) is 25.2. The molecule has 6 saturated carbocycles. The van der Waals surface area contributed by atoms with E-state index in [0.717, 1.165) is 54.3 Å². The van der Waals surface area contributed by atoms with E-state index in [4.69, 9.17) is 0 Å². The molecule has 9 aliphatic carbocycles. The molecule has 12 rings (SSSR count). The Morgan fingerprint density at radius 3 is 2.21 bits per heavy atom. The van der Waals surface area contributed by atoms with Gasteiger partial charge in [0.05, 0.1) is 30.5 Å². The van der Waals surface area contributed by atoms with Gasteiger partial charge in [0.1, 0.15) is 0 Å². The third-order valence-electron chi connectivity index (χ3n) is 22.2. The maximum Gasteiger partial charge on any atom is 0.0672 e. The Hall–Kier alpha value is -1.75. The first-order valence-corrected chi connectivity index (χ1v) is 27.7. The van der Waals surface area contributed by atoms with E-state index in [1.54, 1.807) is 5.57 Å². The lowest BCUT2D eigenvalue weighted by molar-refractivity contribution is -0.0570. The summed E-state index contributed by atoms with van der Waals surface area (Å²) in [7, 11) is 0. The molecule has 0 bridgehead atoms. The molecule has 3 N–H and O–H groups in total.